The number of furan rings is 1. The number of amides is 2. The van der Waals surface area contributed by atoms with Crippen LogP contribution in [0.1, 0.15) is 12.2 Å². The first-order valence-electron chi connectivity index (χ1n) is 7.13. The summed E-state index contributed by atoms with van der Waals surface area (Å²) in [6.45, 7) is 0.221. The maximum absolute atomic E-state index is 12.4. The summed E-state index contributed by atoms with van der Waals surface area (Å²) in [7, 11) is 0. The molecule has 0 saturated carbocycles. The van der Waals surface area contributed by atoms with E-state index in [4.69, 9.17) is 16.6 Å². The fourth-order valence-corrected chi connectivity index (χ4v) is 3.34. The van der Waals surface area contributed by atoms with Crippen LogP contribution in [-0.4, -0.2) is 32.6 Å². The molecule has 122 valence electrons. The predicted molar refractivity (Wildman–Crippen MR) is 96.1 cm³/mol. The van der Waals surface area contributed by atoms with Crippen LogP contribution >= 0.6 is 24.0 Å². The van der Waals surface area contributed by atoms with Crippen LogP contribution < -0.4 is 5.32 Å². The molecule has 0 unspecified atom stereocenters. The second kappa shape index (κ2) is 7.41. The molecule has 2 aromatic heterocycles. The molecule has 0 aromatic carbocycles. The third-order valence-corrected chi connectivity index (χ3v) is 4.56. The van der Waals surface area contributed by atoms with Gasteiger partial charge in [-0.05, 0) is 24.3 Å². The van der Waals surface area contributed by atoms with Gasteiger partial charge in [-0.3, -0.25) is 14.5 Å². The minimum absolute atomic E-state index is 0.136. The van der Waals surface area contributed by atoms with Crippen LogP contribution in [0.25, 0.3) is 6.08 Å². The molecule has 1 fully saturated rings. The maximum atomic E-state index is 12.4. The Labute approximate surface area is 147 Å². The van der Waals surface area contributed by atoms with Crippen LogP contribution in [0.4, 0.5) is 5.82 Å². The normalized spacial score (nSPS) is 16.0. The highest BCUT2D eigenvalue weighted by molar-refractivity contribution is 8.26. The van der Waals surface area contributed by atoms with Crippen LogP contribution in [0.5, 0.6) is 0 Å². The zero-order valence-electron chi connectivity index (χ0n) is 12.5. The van der Waals surface area contributed by atoms with Gasteiger partial charge in [0.2, 0.25) is 5.91 Å². The highest BCUT2D eigenvalue weighted by Gasteiger charge is 2.32. The summed E-state index contributed by atoms with van der Waals surface area (Å²) in [5.41, 5.74) is 0. The fourth-order valence-electron chi connectivity index (χ4n) is 2.05. The van der Waals surface area contributed by atoms with Crippen molar-refractivity contribution in [2.75, 3.05) is 11.9 Å². The van der Waals surface area contributed by atoms with Gasteiger partial charge in [0.1, 0.15) is 15.9 Å². The SMILES string of the molecule is O=C(CCN1C(=O)C(=Cc2ccco2)SC1=S)Nc1ccccn1. The molecule has 0 bridgehead atoms. The molecular weight excluding hydrogens is 346 g/mol. The molecule has 3 heterocycles. The van der Waals surface area contributed by atoms with Gasteiger partial charge in [0.25, 0.3) is 5.91 Å². The Morgan fingerprint density at radius 3 is 2.96 bits per heavy atom. The summed E-state index contributed by atoms with van der Waals surface area (Å²) in [6.07, 6.45) is 4.91. The maximum Gasteiger partial charge on any atom is 0.266 e. The second-order valence-corrected chi connectivity index (χ2v) is 6.54. The zero-order valence-corrected chi connectivity index (χ0v) is 14.1. The minimum Gasteiger partial charge on any atom is -0.465 e. The molecular formula is C16H13N3O3S2. The Hall–Kier alpha value is -2.45. The van der Waals surface area contributed by atoms with Crippen molar-refractivity contribution in [1.29, 1.82) is 0 Å². The topological polar surface area (TPSA) is 75.4 Å². The Morgan fingerprint density at radius 1 is 1.38 bits per heavy atom. The average Bonchev–Trinajstić information content (AvgIpc) is 3.16. The van der Waals surface area contributed by atoms with Crippen molar-refractivity contribution in [2.24, 2.45) is 0 Å². The van der Waals surface area contributed by atoms with Crippen LogP contribution in [0.3, 0.4) is 0 Å². The van der Waals surface area contributed by atoms with Gasteiger partial charge in [-0.15, -0.1) is 0 Å². The van der Waals surface area contributed by atoms with E-state index in [1.54, 1.807) is 42.6 Å². The van der Waals surface area contributed by atoms with Gasteiger partial charge in [-0.25, -0.2) is 4.98 Å². The van der Waals surface area contributed by atoms with E-state index in [-0.39, 0.29) is 24.8 Å². The molecule has 0 radical (unpaired) electrons. The molecule has 0 aliphatic carbocycles. The van der Waals surface area contributed by atoms with Gasteiger partial charge in [0.05, 0.1) is 11.2 Å². The lowest BCUT2D eigenvalue weighted by molar-refractivity contribution is -0.122. The summed E-state index contributed by atoms with van der Waals surface area (Å²) in [5.74, 6) is 0.624. The Kier molecular flexibility index (Phi) is 5.07. The molecule has 0 spiro atoms. The number of aromatic nitrogens is 1. The summed E-state index contributed by atoms with van der Waals surface area (Å²) < 4.78 is 5.64. The van der Waals surface area contributed by atoms with Crippen LogP contribution in [0.2, 0.25) is 0 Å². The molecule has 6 nitrogen and oxygen atoms in total. The third kappa shape index (κ3) is 3.90. The van der Waals surface area contributed by atoms with Gasteiger partial charge in [0.15, 0.2) is 0 Å². The lowest BCUT2D eigenvalue weighted by atomic mass is 10.3. The van der Waals surface area contributed by atoms with Crippen molar-refractivity contribution in [2.45, 2.75) is 6.42 Å². The number of carbonyl (C=O) groups is 2. The summed E-state index contributed by atoms with van der Waals surface area (Å²) in [5, 5.41) is 2.68. The van der Waals surface area contributed by atoms with E-state index < -0.39 is 0 Å². The molecule has 1 N–H and O–H groups in total. The van der Waals surface area contributed by atoms with E-state index in [1.165, 1.54) is 22.9 Å². The van der Waals surface area contributed by atoms with Crippen molar-refractivity contribution in [1.82, 2.24) is 9.88 Å². The largest absolute Gasteiger partial charge is 0.465 e. The van der Waals surface area contributed by atoms with Crippen LogP contribution in [-0.2, 0) is 9.59 Å². The number of carbonyl (C=O) groups excluding carboxylic acids is 2. The van der Waals surface area contributed by atoms with E-state index in [2.05, 4.69) is 10.3 Å². The van der Waals surface area contributed by atoms with E-state index >= 15 is 0 Å². The number of nitrogens with zero attached hydrogens (tertiary/aromatic N) is 2. The molecule has 1 aliphatic heterocycles. The number of hydrogen-bond acceptors (Lipinski definition) is 6. The second-order valence-electron chi connectivity index (χ2n) is 4.86. The monoisotopic (exact) mass is 359 g/mol. The first-order valence-corrected chi connectivity index (χ1v) is 8.36. The van der Waals surface area contributed by atoms with Crippen LogP contribution in [0, 0.1) is 0 Å². The van der Waals surface area contributed by atoms with Crippen molar-refractivity contribution >= 4 is 52.0 Å². The van der Waals surface area contributed by atoms with Gasteiger partial charge >= 0.3 is 0 Å². The Bertz CT molecular complexity index is 788. The first-order chi connectivity index (χ1) is 11.6. The highest BCUT2D eigenvalue weighted by Crippen LogP contribution is 2.32. The van der Waals surface area contributed by atoms with E-state index in [0.29, 0.717) is 20.8 Å². The quantitative estimate of drug-likeness (QED) is 0.653. The molecule has 8 heteroatoms. The van der Waals surface area contributed by atoms with E-state index in [9.17, 15) is 9.59 Å². The zero-order chi connectivity index (χ0) is 16.9. The van der Waals surface area contributed by atoms with Crippen molar-refractivity contribution < 1.29 is 14.0 Å². The summed E-state index contributed by atoms with van der Waals surface area (Å²) in [4.78, 5) is 30.3. The van der Waals surface area contributed by atoms with Crippen LogP contribution in [0.15, 0.2) is 52.1 Å². The minimum atomic E-state index is -0.224. The number of nitrogens with one attached hydrogen (secondary N) is 1. The molecule has 2 aromatic rings. The van der Waals surface area contributed by atoms with Gasteiger partial charge < -0.3 is 9.73 Å². The summed E-state index contributed by atoms with van der Waals surface area (Å²) in [6, 6.07) is 8.75. The molecule has 1 saturated heterocycles. The van der Waals surface area contributed by atoms with Crippen molar-refractivity contribution in [3.8, 4) is 0 Å². The fraction of sp³-hybridized carbons (Fsp3) is 0.125. The van der Waals surface area contributed by atoms with Gasteiger partial charge in [-0.2, -0.15) is 0 Å². The van der Waals surface area contributed by atoms with Gasteiger partial charge in [-0.1, -0.05) is 30.0 Å². The molecule has 1 aliphatic rings. The van der Waals surface area contributed by atoms with E-state index in [1.807, 2.05) is 0 Å². The summed E-state index contributed by atoms with van der Waals surface area (Å²) >= 11 is 6.43. The predicted octanol–water partition coefficient (Wildman–Crippen LogP) is 2.90. The molecule has 24 heavy (non-hydrogen) atoms. The number of thioether (sulfide) groups is 1. The standard InChI is InChI=1S/C16H13N3O3S2/c20-14(18-13-5-1-2-7-17-13)6-8-19-15(21)12(24-16(19)23)10-11-4-3-9-22-11/h1-5,7,9-10H,6,8H2,(H,17,18,20). The van der Waals surface area contributed by atoms with E-state index in [0.717, 1.165) is 0 Å². The molecule has 0 atom stereocenters. The number of pyridine rings is 1. The van der Waals surface area contributed by atoms with Gasteiger partial charge in [0, 0.05) is 25.2 Å². The highest BCUT2D eigenvalue weighted by atomic mass is 32.2. The lowest BCUT2D eigenvalue weighted by Gasteiger charge is -2.13. The van der Waals surface area contributed by atoms with Crippen molar-refractivity contribution in [3.05, 3.63) is 53.5 Å². The molecule has 2 amide bonds. The Morgan fingerprint density at radius 2 is 2.25 bits per heavy atom. The lowest BCUT2D eigenvalue weighted by Crippen LogP contribution is -2.31. The number of thiocarbonyl (C=S) groups is 1. The number of rotatable bonds is 5. The molecule has 3 rings (SSSR count). The number of anilines is 1. The Balaban J connectivity index is 1.58. The average molecular weight is 359 g/mol. The first kappa shape index (κ1) is 16.4. The van der Waals surface area contributed by atoms with Crippen molar-refractivity contribution in [3.63, 3.8) is 0 Å². The smallest absolute Gasteiger partial charge is 0.266 e. The number of hydrogen-bond donors (Lipinski definition) is 1. The third-order valence-electron chi connectivity index (χ3n) is 3.18.